The summed E-state index contributed by atoms with van der Waals surface area (Å²) in [6.07, 6.45) is 8.29. The van der Waals surface area contributed by atoms with Gasteiger partial charge in [-0.3, -0.25) is 4.79 Å². The Balaban J connectivity index is 4.81. The molecule has 0 fully saturated rings. The molecule has 0 saturated heterocycles. The first-order valence-electron chi connectivity index (χ1n) is 7.79. The second-order valence-corrected chi connectivity index (χ2v) is 7.21. The summed E-state index contributed by atoms with van der Waals surface area (Å²) in [5.74, 6) is 0.0934. The highest BCUT2D eigenvalue weighted by atomic mass is 16.2. The van der Waals surface area contributed by atoms with E-state index in [4.69, 9.17) is 0 Å². The molecule has 0 aromatic heterocycles. The summed E-state index contributed by atoms with van der Waals surface area (Å²) >= 11 is 0. The minimum Gasteiger partial charge on any atom is -0.331 e. The van der Waals surface area contributed by atoms with Crippen molar-refractivity contribution in [2.75, 3.05) is 6.54 Å². The first-order chi connectivity index (χ1) is 9.54. The summed E-state index contributed by atoms with van der Waals surface area (Å²) < 4.78 is 0. The Kier molecular flexibility index (Phi) is 8.31. The Morgan fingerprint density at radius 1 is 0.952 bits per heavy atom. The molecule has 120 valence electrons. The fourth-order valence-corrected chi connectivity index (χ4v) is 1.96. The van der Waals surface area contributed by atoms with Gasteiger partial charge in [0.2, 0.25) is 5.91 Å². The third-order valence-corrected chi connectivity index (χ3v) is 3.20. The monoisotopic (exact) mass is 291 g/mol. The van der Waals surface area contributed by atoms with E-state index in [0.29, 0.717) is 6.54 Å². The third kappa shape index (κ3) is 9.28. The molecule has 0 aliphatic carbocycles. The van der Waals surface area contributed by atoms with Crippen molar-refractivity contribution in [1.82, 2.24) is 4.90 Å². The number of allylic oxidation sites excluding steroid dienone is 4. The predicted octanol–water partition coefficient (Wildman–Crippen LogP) is 5.27. The lowest BCUT2D eigenvalue weighted by Crippen LogP contribution is -2.45. The highest BCUT2D eigenvalue weighted by Crippen LogP contribution is 2.16. The van der Waals surface area contributed by atoms with Gasteiger partial charge in [0.25, 0.3) is 0 Å². The summed E-state index contributed by atoms with van der Waals surface area (Å²) in [7, 11) is 0. The van der Waals surface area contributed by atoms with Gasteiger partial charge >= 0.3 is 0 Å². The predicted molar refractivity (Wildman–Crippen MR) is 93.3 cm³/mol. The quantitative estimate of drug-likeness (QED) is 0.482. The summed E-state index contributed by atoms with van der Waals surface area (Å²) in [6, 6.07) is 0. The van der Waals surface area contributed by atoms with Gasteiger partial charge < -0.3 is 4.90 Å². The lowest BCUT2D eigenvalue weighted by Gasteiger charge is -2.34. The van der Waals surface area contributed by atoms with Gasteiger partial charge in [-0.05, 0) is 68.2 Å². The molecule has 0 spiro atoms. The number of rotatable bonds is 6. The minimum atomic E-state index is -0.167. The van der Waals surface area contributed by atoms with Gasteiger partial charge in [-0.25, -0.2) is 0 Å². The molecule has 0 radical (unpaired) electrons. The average molecular weight is 291 g/mol. The van der Waals surface area contributed by atoms with Crippen molar-refractivity contribution in [3.63, 3.8) is 0 Å². The van der Waals surface area contributed by atoms with E-state index in [0.717, 1.165) is 18.4 Å². The van der Waals surface area contributed by atoms with Crippen LogP contribution in [-0.4, -0.2) is 22.9 Å². The van der Waals surface area contributed by atoms with E-state index in [1.165, 1.54) is 11.1 Å². The standard InChI is InChI=1S/C19H33NO/c1-15(2)10-9-11-17(5)12-13-20(19(6,7)8)18(21)14-16(3)4/h10,12,14H,9,11,13H2,1-8H3. The van der Waals surface area contributed by atoms with Crippen LogP contribution in [0.4, 0.5) is 0 Å². The largest absolute Gasteiger partial charge is 0.331 e. The third-order valence-electron chi connectivity index (χ3n) is 3.20. The lowest BCUT2D eigenvalue weighted by molar-refractivity contribution is -0.129. The van der Waals surface area contributed by atoms with Crippen LogP contribution in [-0.2, 0) is 4.79 Å². The van der Waals surface area contributed by atoms with E-state index in [9.17, 15) is 4.79 Å². The summed E-state index contributed by atoms with van der Waals surface area (Å²) in [5, 5.41) is 0. The maximum atomic E-state index is 12.3. The zero-order valence-electron chi connectivity index (χ0n) is 15.2. The van der Waals surface area contributed by atoms with E-state index in [-0.39, 0.29) is 11.4 Å². The second kappa shape index (κ2) is 8.86. The van der Waals surface area contributed by atoms with Crippen LogP contribution in [0.5, 0.6) is 0 Å². The van der Waals surface area contributed by atoms with Gasteiger partial charge in [0.05, 0.1) is 0 Å². The Morgan fingerprint density at radius 3 is 1.95 bits per heavy atom. The molecule has 0 N–H and O–H groups in total. The van der Waals surface area contributed by atoms with Crippen LogP contribution in [0.3, 0.4) is 0 Å². The number of carbonyl (C=O) groups excluding carboxylic acids is 1. The van der Waals surface area contributed by atoms with Gasteiger partial charge in [-0.2, -0.15) is 0 Å². The highest BCUT2D eigenvalue weighted by molar-refractivity contribution is 5.88. The average Bonchev–Trinajstić information content (AvgIpc) is 2.25. The molecule has 0 heterocycles. The van der Waals surface area contributed by atoms with Crippen molar-refractivity contribution in [3.8, 4) is 0 Å². The molecular formula is C19H33NO. The summed E-state index contributed by atoms with van der Waals surface area (Å²) in [4.78, 5) is 14.2. The molecule has 0 rings (SSSR count). The van der Waals surface area contributed by atoms with Gasteiger partial charge in [0.1, 0.15) is 0 Å². The molecule has 0 atom stereocenters. The Hall–Kier alpha value is -1.31. The van der Waals surface area contributed by atoms with Crippen LogP contribution >= 0.6 is 0 Å². The number of nitrogens with zero attached hydrogens (tertiary/aromatic N) is 1. The minimum absolute atomic E-state index is 0.0934. The lowest BCUT2D eigenvalue weighted by atomic mass is 10.0. The van der Waals surface area contributed by atoms with Crippen LogP contribution in [0.2, 0.25) is 0 Å². The molecule has 0 aromatic rings. The van der Waals surface area contributed by atoms with Crippen molar-refractivity contribution in [3.05, 3.63) is 34.9 Å². The van der Waals surface area contributed by atoms with E-state index in [1.807, 2.05) is 18.7 Å². The van der Waals surface area contributed by atoms with Crippen molar-refractivity contribution < 1.29 is 4.79 Å². The molecular weight excluding hydrogens is 258 g/mol. The number of hydrogen-bond acceptors (Lipinski definition) is 1. The maximum Gasteiger partial charge on any atom is 0.247 e. The van der Waals surface area contributed by atoms with Gasteiger partial charge in [-0.15, -0.1) is 0 Å². The molecule has 0 aliphatic rings. The topological polar surface area (TPSA) is 20.3 Å². The molecule has 2 nitrogen and oxygen atoms in total. The molecule has 1 amide bonds. The van der Waals surface area contributed by atoms with Crippen molar-refractivity contribution >= 4 is 5.91 Å². The van der Waals surface area contributed by atoms with E-state index in [1.54, 1.807) is 6.08 Å². The van der Waals surface area contributed by atoms with Gasteiger partial charge in [0.15, 0.2) is 0 Å². The van der Waals surface area contributed by atoms with E-state index >= 15 is 0 Å². The van der Waals surface area contributed by atoms with Crippen LogP contribution in [0.25, 0.3) is 0 Å². The molecule has 0 bridgehead atoms. The fourth-order valence-electron chi connectivity index (χ4n) is 1.96. The van der Waals surface area contributed by atoms with E-state index < -0.39 is 0 Å². The second-order valence-electron chi connectivity index (χ2n) is 7.21. The van der Waals surface area contributed by atoms with Gasteiger partial charge in [0, 0.05) is 18.2 Å². The van der Waals surface area contributed by atoms with Crippen molar-refractivity contribution in [2.45, 2.75) is 73.8 Å². The highest BCUT2D eigenvalue weighted by Gasteiger charge is 2.23. The van der Waals surface area contributed by atoms with Crippen LogP contribution < -0.4 is 0 Å². The number of hydrogen-bond donors (Lipinski definition) is 0. The Labute approximate surface area is 131 Å². The number of carbonyl (C=O) groups is 1. The summed E-state index contributed by atoms with van der Waals surface area (Å²) in [6.45, 7) is 17.2. The van der Waals surface area contributed by atoms with Crippen LogP contribution in [0.15, 0.2) is 34.9 Å². The molecule has 0 aromatic carbocycles. The molecule has 0 saturated carbocycles. The maximum absolute atomic E-state index is 12.3. The first-order valence-corrected chi connectivity index (χ1v) is 7.79. The van der Waals surface area contributed by atoms with Crippen molar-refractivity contribution in [2.24, 2.45) is 0 Å². The zero-order valence-corrected chi connectivity index (χ0v) is 15.2. The SMILES string of the molecule is CC(C)=CCCC(C)=CCN(C(=O)C=C(C)C)C(C)(C)C. The van der Waals surface area contributed by atoms with Crippen LogP contribution in [0.1, 0.15) is 68.2 Å². The smallest absolute Gasteiger partial charge is 0.247 e. The summed E-state index contributed by atoms with van der Waals surface area (Å²) in [5.41, 5.74) is 3.57. The van der Waals surface area contributed by atoms with Crippen LogP contribution in [0, 0.1) is 0 Å². The van der Waals surface area contributed by atoms with E-state index in [2.05, 4.69) is 53.7 Å². The van der Waals surface area contributed by atoms with Crippen molar-refractivity contribution in [1.29, 1.82) is 0 Å². The molecule has 2 heteroatoms. The zero-order chi connectivity index (χ0) is 16.6. The Morgan fingerprint density at radius 2 is 1.52 bits per heavy atom. The normalized spacial score (nSPS) is 11.9. The van der Waals surface area contributed by atoms with Gasteiger partial charge in [-0.1, -0.05) is 28.9 Å². The Bertz CT molecular complexity index is 425. The molecule has 0 aliphatic heterocycles. The fraction of sp³-hybridized carbons (Fsp3) is 0.632. The first kappa shape index (κ1) is 19.7. The molecule has 0 unspecified atom stereocenters. The molecule has 21 heavy (non-hydrogen) atoms. The number of amides is 1.